The zero-order chi connectivity index (χ0) is 15.5. The molecule has 0 bridgehead atoms. The van der Waals surface area contributed by atoms with Crippen LogP contribution >= 0.6 is 0 Å². The monoisotopic (exact) mass is 304 g/mol. The van der Waals surface area contributed by atoms with Crippen molar-refractivity contribution in [2.75, 3.05) is 13.1 Å². The van der Waals surface area contributed by atoms with Gasteiger partial charge in [-0.15, -0.1) is 10.2 Å². The molecule has 1 unspecified atom stereocenters. The van der Waals surface area contributed by atoms with E-state index in [2.05, 4.69) is 21.7 Å². The van der Waals surface area contributed by atoms with Crippen LogP contribution in [0.4, 0.5) is 0 Å². The van der Waals surface area contributed by atoms with Crippen molar-refractivity contribution in [1.82, 2.24) is 19.7 Å². The smallest absolute Gasteiger partial charge is 0.225 e. The molecule has 0 saturated carbocycles. The fraction of sp³-hybridized carbons (Fsp3) is 0.824. The van der Waals surface area contributed by atoms with Gasteiger partial charge in [0.25, 0.3) is 0 Å². The van der Waals surface area contributed by atoms with Gasteiger partial charge in [0, 0.05) is 37.9 Å². The standard InChI is InChI=1S/C17H28N4O/c1-3-13(2)17(22)20-11-8-14(9-12-20)16-19-18-15-7-5-4-6-10-21(15)16/h13-14H,3-12H2,1-2H3. The number of nitrogens with zero attached hydrogens (tertiary/aromatic N) is 4. The van der Waals surface area contributed by atoms with Gasteiger partial charge in [-0.25, -0.2) is 0 Å². The molecular formula is C17H28N4O. The Morgan fingerprint density at radius 3 is 2.68 bits per heavy atom. The van der Waals surface area contributed by atoms with Gasteiger partial charge in [0.2, 0.25) is 5.91 Å². The van der Waals surface area contributed by atoms with Crippen molar-refractivity contribution in [2.45, 2.75) is 71.3 Å². The number of hydrogen-bond acceptors (Lipinski definition) is 3. The van der Waals surface area contributed by atoms with Crippen molar-refractivity contribution < 1.29 is 4.79 Å². The van der Waals surface area contributed by atoms with Crippen LogP contribution in [-0.2, 0) is 17.8 Å². The number of aryl methyl sites for hydroxylation is 1. The third-order valence-electron chi connectivity index (χ3n) is 5.34. The van der Waals surface area contributed by atoms with Crippen LogP contribution in [-0.4, -0.2) is 38.7 Å². The summed E-state index contributed by atoms with van der Waals surface area (Å²) in [5, 5.41) is 8.91. The zero-order valence-corrected chi connectivity index (χ0v) is 13.9. The topological polar surface area (TPSA) is 51.0 Å². The lowest BCUT2D eigenvalue weighted by atomic mass is 9.94. The van der Waals surface area contributed by atoms with Gasteiger partial charge >= 0.3 is 0 Å². The summed E-state index contributed by atoms with van der Waals surface area (Å²) in [7, 11) is 0. The Bertz CT molecular complexity index is 517. The number of likely N-dealkylation sites (tertiary alicyclic amines) is 1. The third kappa shape index (κ3) is 3.03. The molecule has 3 heterocycles. The predicted molar refractivity (Wildman–Crippen MR) is 85.6 cm³/mol. The van der Waals surface area contributed by atoms with Crippen LogP contribution in [0.2, 0.25) is 0 Å². The van der Waals surface area contributed by atoms with Crippen LogP contribution in [0.1, 0.15) is 69.9 Å². The van der Waals surface area contributed by atoms with Crippen LogP contribution in [0.15, 0.2) is 0 Å². The molecule has 2 aliphatic rings. The molecule has 1 fully saturated rings. The molecule has 1 saturated heterocycles. The Morgan fingerprint density at radius 2 is 1.95 bits per heavy atom. The molecule has 1 atom stereocenters. The summed E-state index contributed by atoms with van der Waals surface area (Å²) in [5.74, 6) is 3.29. The van der Waals surface area contributed by atoms with E-state index in [0.29, 0.717) is 11.8 Å². The molecule has 0 radical (unpaired) electrons. The Labute approximate surface area is 133 Å². The number of carbonyl (C=O) groups excluding carboxylic acids is 1. The number of aromatic nitrogens is 3. The summed E-state index contributed by atoms with van der Waals surface area (Å²) in [4.78, 5) is 14.3. The molecule has 0 aromatic carbocycles. The highest BCUT2D eigenvalue weighted by Crippen LogP contribution is 2.29. The van der Waals surface area contributed by atoms with E-state index < -0.39 is 0 Å². The summed E-state index contributed by atoms with van der Waals surface area (Å²) >= 11 is 0. The molecule has 5 heteroatoms. The largest absolute Gasteiger partial charge is 0.342 e. The van der Waals surface area contributed by atoms with Gasteiger partial charge < -0.3 is 9.47 Å². The average Bonchev–Trinajstić information content (AvgIpc) is 2.82. The number of piperidine rings is 1. The van der Waals surface area contributed by atoms with E-state index in [1.807, 2.05) is 11.8 Å². The van der Waals surface area contributed by atoms with Crippen LogP contribution in [0.3, 0.4) is 0 Å². The van der Waals surface area contributed by atoms with Crippen molar-refractivity contribution in [1.29, 1.82) is 0 Å². The SMILES string of the molecule is CCC(C)C(=O)N1CCC(c2nnc3n2CCCCC3)CC1. The molecule has 3 rings (SSSR count). The summed E-state index contributed by atoms with van der Waals surface area (Å²) in [5.41, 5.74) is 0. The highest BCUT2D eigenvalue weighted by Gasteiger charge is 2.29. The first-order valence-electron chi connectivity index (χ1n) is 8.91. The Morgan fingerprint density at radius 1 is 1.18 bits per heavy atom. The van der Waals surface area contributed by atoms with Crippen molar-refractivity contribution >= 4 is 5.91 Å². The first-order valence-corrected chi connectivity index (χ1v) is 8.91. The molecule has 5 nitrogen and oxygen atoms in total. The molecule has 0 N–H and O–H groups in total. The maximum Gasteiger partial charge on any atom is 0.225 e. The molecule has 2 aliphatic heterocycles. The first kappa shape index (κ1) is 15.5. The molecule has 122 valence electrons. The number of rotatable bonds is 3. The highest BCUT2D eigenvalue weighted by atomic mass is 16.2. The third-order valence-corrected chi connectivity index (χ3v) is 5.34. The zero-order valence-electron chi connectivity index (χ0n) is 13.9. The Hall–Kier alpha value is -1.39. The van der Waals surface area contributed by atoms with Crippen molar-refractivity contribution in [3.63, 3.8) is 0 Å². The number of carbonyl (C=O) groups is 1. The molecule has 1 aromatic rings. The summed E-state index contributed by atoms with van der Waals surface area (Å²) in [6, 6.07) is 0. The molecule has 0 spiro atoms. The Kier molecular flexibility index (Phi) is 4.79. The van der Waals surface area contributed by atoms with Crippen molar-refractivity contribution in [3.8, 4) is 0 Å². The van der Waals surface area contributed by atoms with E-state index in [1.54, 1.807) is 0 Å². The minimum Gasteiger partial charge on any atom is -0.342 e. The van der Waals surface area contributed by atoms with E-state index in [0.717, 1.165) is 45.3 Å². The van der Waals surface area contributed by atoms with E-state index in [-0.39, 0.29) is 5.92 Å². The quantitative estimate of drug-likeness (QED) is 0.863. The summed E-state index contributed by atoms with van der Waals surface area (Å²) < 4.78 is 2.36. The second-order valence-electron chi connectivity index (χ2n) is 6.85. The van der Waals surface area contributed by atoms with Crippen molar-refractivity contribution in [2.24, 2.45) is 5.92 Å². The first-order chi connectivity index (χ1) is 10.7. The fourth-order valence-corrected chi connectivity index (χ4v) is 3.65. The van der Waals surface area contributed by atoms with Gasteiger partial charge in [-0.1, -0.05) is 20.3 Å². The van der Waals surface area contributed by atoms with Gasteiger partial charge in [-0.3, -0.25) is 4.79 Å². The summed E-state index contributed by atoms with van der Waals surface area (Å²) in [6.07, 6.45) is 7.82. The lowest BCUT2D eigenvalue weighted by Gasteiger charge is -2.33. The molecule has 22 heavy (non-hydrogen) atoms. The van der Waals surface area contributed by atoms with Crippen LogP contribution in [0.25, 0.3) is 0 Å². The number of amides is 1. The number of fused-ring (bicyclic) bond motifs is 1. The van der Waals surface area contributed by atoms with E-state index in [4.69, 9.17) is 0 Å². The average molecular weight is 304 g/mol. The van der Waals surface area contributed by atoms with Crippen LogP contribution < -0.4 is 0 Å². The van der Waals surface area contributed by atoms with Crippen LogP contribution in [0, 0.1) is 5.92 Å². The normalized spacial score (nSPS) is 21.3. The van der Waals surface area contributed by atoms with E-state index in [1.165, 1.54) is 30.9 Å². The summed E-state index contributed by atoms with van der Waals surface area (Å²) in [6.45, 7) is 6.93. The lowest BCUT2D eigenvalue weighted by molar-refractivity contribution is -0.136. The molecule has 0 aliphatic carbocycles. The maximum atomic E-state index is 12.3. The molecule has 1 amide bonds. The van der Waals surface area contributed by atoms with Crippen molar-refractivity contribution in [3.05, 3.63) is 11.6 Å². The minimum atomic E-state index is 0.154. The maximum absolute atomic E-state index is 12.3. The van der Waals surface area contributed by atoms with E-state index >= 15 is 0 Å². The van der Waals surface area contributed by atoms with Gasteiger partial charge in [-0.05, 0) is 32.1 Å². The highest BCUT2D eigenvalue weighted by molar-refractivity contribution is 5.78. The second-order valence-corrected chi connectivity index (χ2v) is 6.85. The Balaban J connectivity index is 1.65. The van der Waals surface area contributed by atoms with Crippen LogP contribution in [0.5, 0.6) is 0 Å². The molecular weight excluding hydrogens is 276 g/mol. The lowest BCUT2D eigenvalue weighted by Crippen LogP contribution is -2.41. The van der Waals surface area contributed by atoms with Gasteiger partial charge in [0.05, 0.1) is 0 Å². The minimum absolute atomic E-state index is 0.154. The van der Waals surface area contributed by atoms with Gasteiger partial charge in [0.1, 0.15) is 11.6 Å². The second kappa shape index (κ2) is 6.80. The predicted octanol–water partition coefficient (Wildman–Crippen LogP) is 2.76. The van der Waals surface area contributed by atoms with E-state index in [9.17, 15) is 4.79 Å². The van der Waals surface area contributed by atoms with Gasteiger partial charge in [-0.2, -0.15) is 0 Å². The molecule has 1 aromatic heterocycles. The van der Waals surface area contributed by atoms with Gasteiger partial charge in [0.15, 0.2) is 0 Å². The number of hydrogen-bond donors (Lipinski definition) is 0. The fourth-order valence-electron chi connectivity index (χ4n) is 3.65.